The van der Waals surface area contributed by atoms with Crippen LogP contribution < -0.4 is 11.1 Å². The van der Waals surface area contributed by atoms with Crippen LogP contribution >= 0.6 is 0 Å². The van der Waals surface area contributed by atoms with E-state index in [1.54, 1.807) is 6.08 Å². The van der Waals surface area contributed by atoms with Crippen LogP contribution in [-0.4, -0.2) is 104 Å². The van der Waals surface area contributed by atoms with Crippen molar-refractivity contribution in [1.29, 1.82) is 0 Å². The molecule has 9 N–H and O–H groups in total. The number of aliphatic hydroxyl groups excluding tert-OH is 5. The second-order valence-electron chi connectivity index (χ2n) is 18.4. The molecule has 2 saturated heterocycles. The number of fused-ring (bicyclic) bond motifs is 5. The Kier molecular flexibility index (Phi) is 10.8. The number of ketones is 2. The predicted molar refractivity (Wildman–Crippen MR) is 193 cm³/mol. The summed E-state index contributed by atoms with van der Waals surface area (Å²) in [6.07, 6.45) is 8.55. The van der Waals surface area contributed by atoms with Crippen LogP contribution in [0.1, 0.15) is 96.3 Å². The zero-order valence-corrected chi connectivity index (χ0v) is 30.9. The van der Waals surface area contributed by atoms with Gasteiger partial charge < -0.3 is 51.2 Å². The Labute approximate surface area is 312 Å². The summed E-state index contributed by atoms with van der Waals surface area (Å²) in [7, 11) is 0. The second-order valence-corrected chi connectivity index (χ2v) is 18.4. The number of carbonyl (C=O) groups is 2. The summed E-state index contributed by atoms with van der Waals surface area (Å²) in [6.45, 7) is 0.351. The smallest absolute Gasteiger partial charge is 0.187 e. The largest absolute Gasteiger partial charge is 0.512 e. The van der Waals surface area contributed by atoms with E-state index in [1.165, 1.54) is 0 Å². The minimum atomic E-state index is -2.07. The van der Waals surface area contributed by atoms with E-state index in [4.69, 9.17) is 15.2 Å². The van der Waals surface area contributed by atoms with Crippen LogP contribution in [0.3, 0.4) is 0 Å². The molecule has 296 valence electrons. The van der Waals surface area contributed by atoms with Crippen LogP contribution in [0.4, 0.5) is 0 Å². The molecule has 0 bridgehead atoms. The van der Waals surface area contributed by atoms with Crippen molar-refractivity contribution < 1.29 is 49.7 Å². The van der Waals surface area contributed by atoms with Crippen molar-refractivity contribution in [3.8, 4) is 0 Å². The molecule has 0 aromatic carbocycles. The third kappa shape index (κ3) is 6.59. The summed E-state index contributed by atoms with van der Waals surface area (Å²) in [5.74, 6) is -2.21. The van der Waals surface area contributed by atoms with Gasteiger partial charge in [0.1, 0.15) is 35.5 Å². The van der Waals surface area contributed by atoms with Gasteiger partial charge in [-0.2, -0.15) is 0 Å². The van der Waals surface area contributed by atoms with E-state index < -0.39 is 66.6 Å². The second kappa shape index (κ2) is 15.0. The monoisotopic (exact) mass is 742 g/mol. The highest BCUT2D eigenvalue weighted by Crippen LogP contribution is 2.63. The molecule has 17 atom stereocenters. The summed E-state index contributed by atoms with van der Waals surface area (Å²) in [5.41, 5.74) is 4.87. The van der Waals surface area contributed by atoms with E-state index in [0.29, 0.717) is 43.4 Å². The number of nitrogens with one attached hydrogen (secondary N) is 1. The number of rotatable bonds is 8. The van der Waals surface area contributed by atoms with E-state index in [1.807, 2.05) is 6.08 Å². The van der Waals surface area contributed by atoms with Gasteiger partial charge >= 0.3 is 0 Å². The first-order valence-electron chi connectivity index (χ1n) is 20.8. The van der Waals surface area contributed by atoms with Crippen molar-refractivity contribution in [1.82, 2.24) is 5.32 Å². The molecule has 0 aromatic heterocycles. The molecule has 0 spiro atoms. The third-order valence-corrected chi connectivity index (χ3v) is 15.6. The maximum absolute atomic E-state index is 14.4. The molecule has 8 aliphatic rings. The summed E-state index contributed by atoms with van der Waals surface area (Å²) < 4.78 is 12.5. The van der Waals surface area contributed by atoms with Crippen LogP contribution in [-0.2, 0) is 19.1 Å². The lowest BCUT2D eigenvalue weighted by atomic mass is 9.51. The summed E-state index contributed by atoms with van der Waals surface area (Å²) in [5, 5.41) is 71.0. The fourth-order valence-electron chi connectivity index (χ4n) is 13.2. The van der Waals surface area contributed by atoms with E-state index in [9.17, 15) is 40.2 Å². The van der Waals surface area contributed by atoms with Crippen molar-refractivity contribution in [3.05, 3.63) is 23.5 Å². The van der Waals surface area contributed by atoms with Gasteiger partial charge in [-0.3, -0.25) is 9.59 Å². The van der Waals surface area contributed by atoms with E-state index in [2.05, 4.69) is 5.32 Å². The van der Waals surface area contributed by atoms with Crippen LogP contribution in [0.2, 0.25) is 0 Å². The predicted octanol–water partition coefficient (Wildman–Crippen LogP) is 2.39. The van der Waals surface area contributed by atoms with Crippen molar-refractivity contribution in [3.63, 3.8) is 0 Å². The van der Waals surface area contributed by atoms with Crippen LogP contribution in [0.5, 0.6) is 0 Å². The van der Waals surface area contributed by atoms with Crippen molar-refractivity contribution in [2.24, 2.45) is 64.4 Å². The van der Waals surface area contributed by atoms with E-state index in [-0.39, 0.29) is 53.8 Å². The highest BCUT2D eigenvalue weighted by Gasteiger charge is 2.64. The van der Waals surface area contributed by atoms with Gasteiger partial charge in [0.05, 0.1) is 36.6 Å². The molecule has 7 fully saturated rings. The zero-order chi connectivity index (χ0) is 37.2. The number of Topliss-reactive ketones (excluding diaryl/α,β-unsaturated/α-hetero) is 2. The first-order valence-corrected chi connectivity index (χ1v) is 20.8. The van der Waals surface area contributed by atoms with Gasteiger partial charge in [0.25, 0.3) is 0 Å². The average molecular weight is 743 g/mol. The van der Waals surface area contributed by atoms with E-state index in [0.717, 1.165) is 76.3 Å². The molecule has 0 aromatic rings. The molecular formula is C41H62N2O10. The number of carbonyl (C=O) groups excluding carboxylic acids is 2. The summed E-state index contributed by atoms with van der Waals surface area (Å²) in [6, 6.07) is 0. The Balaban J connectivity index is 1.02. The van der Waals surface area contributed by atoms with Crippen molar-refractivity contribution >= 4 is 11.6 Å². The molecule has 12 nitrogen and oxygen atoms in total. The number of nitrogens with two attached hydrogens (primary N) is 1. The van der Waals surface area contributed by atoms with Gasteiger partial charge in [-0.25, -0.2) is 0 Å². The topological polar surface area (TPSA) is 212 Å². The highest BCUT2D eigenvalue weighted by atomic mass is 16.7. The minimum Gasteiger partial charge on any atom is -0.512 e. The average Bonchev–Trinajstić information content (AvgIpc) is 3.57. The molecule has 2 aliphatic heterocycles. The normalized spacial score (nSPS) is 50.0. The SMILES string of the molecule is NC1CC2C(CCC3CCCC32CC2(O)C(O)C(CO)OC(OC3CCCC4C(=O)C5C=C(CC6CCCC(CO)C6)C=C(O)C5C(=O)C34)C2O)CN1. The van der Waals surface area contributed by atoms with Gasteiger partial charge in [0.2, 0.25) is 0 Å². The third-order valence-electron chi connectivity index (χ3n) is 15.6. The lowest BCUT2D eigenvalue weighted by Gasteiger charge is -2.58. The molecule has 0 radical (unpaired) electrons. The lowest BCUT2D eigenvalue weighted by molar-refractivity contribution is -0.351. The number of hydrogen-bond acceptors (Lipinski definition) is 12. The van der Waals surface area contributed by atoms with Gasteiger partial charge in [-0.15, -0.1) is 0 Å². The molecular weight excluding hydrogens is 680 g/mol. The molecule has 5 saturated carbocycles. The molecule has 17 unspecified atom stereocenters. The van der Waals surface area contributed by atoms with Gasteiger partial charge in [-0.05, 0) is 124 Å². The number of ether oxygens (including phenoxy) is 2. The van der Waals surface area contributed by atoms with Crippen LogP contribution in [0.15, 0.2) is 23.5 Å². The molecule has 53 heavy (non-hydrogen) atoms. The maximum atomic E-state index is 14.4. The first-order chi connectivity index (χ1) is 25.5. The Morgan fingerprint density at radius 2 is 1.72 bits per heavy atom. The molecule has 0 amide bonds. The van der Waals surface area contributed by atoms with Gasteiger partial charge in [-0.1, -0.05) is 31.8 Å². The van der Waals surface area contributed by atoms with Crippen LogP contribution in [0, 0.1) is 58.7 Å². The zero-order valence-electron chi connectivity index (χ0n) is 30.9. The first kappa shape index (κ1) is 38.1. The van der Waals surface area contributed by atoms with Gasteiger partial charge in [0.15, 0.2) is 12.1 Å². The maximum Gasteiger partial charge on any atom is 0.187 e. The molecule has 6 aliphatic carbocycles. The van der Waals surface area contributed by atoms with Crippen molar-refractivity contribution in [2.45, 2.75) is 139 Å². The Morgan fingerprint density at radius 3 is 2.51 bits per heavy atom. The van der Waals surface area contributed by atoms with Crippen LogP contribution in [0.25, 0.3) is 0 Å². The standard InChI is InChI=1S/C41H62N2O10/c42-32-16-28-24(17-43-32)9-10-25-6-3-11-40(25,28)20-41(51)37(49)31(19-45)53-39(38(41)50)52-30-8-2-7-26-34(30)36(48)33-27(35(26)47)14-23(15-29(33)46)13-21-4-1-5-22(12-21)18-44/h14-15,21-22,24-28,30-34,37-39,43-46,49-51H,1-13,16-20,42H2. The number of piperidine rings is 1. The van der Waals surface area contributed by atoms with E-state index >= 15 is 0 Å². The fourth-order valence-corrected chi connectivity index (χ4v) is 13.2. The molecule has 8 rings (SSSR count). The van der Waals surface area contributed by atoms with Gasteiger partial charge in [0, 0.05) is 12.5 Å². The lowest BCUT2D eigenvalue weighted by Crippen LogP contribution is -2.70. The Bertz CT molecular complexity index is 1460. The highest BCUT2D eigenvalue weighted by molar-refractivity contribution is 6.02. The molecule has 2 heterocycles. The summed E-state index contributed by atoms with van der Waals surface area (Å²) >= 11 is 0. The quantitative estimate of drug-likeness (QED) is 0.180. The number of allylic oxidation sites excluding steroid dienone is 4. The number of hydrogen-bond donors (Lipinski definition) is 8. The Morgan fingerprint density at radius 1 is 0.925 bits per heavy atom. The van der Waals surface area contributed by atoms with Crippen molar-refractivity contribution in [2.75, 3.05) is 19.8 Å². The minimum absolute atomic E-state index is 0.0920. The Hall–Kier alpha value is -1.74. The number of aliphatic hydroxyl groups is 6. The molecule has 12 heteroatoms. The summed E-state index contributed by atoms with van der Waals surface area (Å²) in [4.78, 5) is 28.6. The fraction of sp³-hybridized carbons (Fsp3) is 0.854.